The number of benzene rings is 1. The lowest BCUT2D eigenvalue weighted by atomic mass is 9.94. The lowest BCUT2D eigenvalue weighted by Crippen LogP contribution is -2.12. The van der Waals surface area contributed by atoms with Gasteiger partial charge in [-0.1, -0.05) is 44.7 Å². The first-order valence-corrected chi connectivity index (χ1v) is 6.73. The Morgan fingerprint density at radius 1 is 1.32 bits per heavy atom. The van der Waals surface area contributed by atoms with E-state index in [0.29, 0.717) is 5.69 Å². The number of nitrogens with zero attached hydrogens (tertiary/aromatic N) is 1. The highest BCUT2D eigenvalue weighted by atomic mass is 16.6. The number of fused-ring (bicyclic) bond motifs is 1. The quantitative estimate of drug-likeness (QED) is 0.483. The van der Waals surface area contributed by atoms with Crippen LogP contribution >= 0.6 is 0 Å². The Labute approximate surface area is 112 Å². The van der Waals surface area contributed by atoms with Crippen LogP contribution in [-0.4, -0.2) is 10.8 Å². The summed E-state index contributed by atoms with van der Waals surface area (Å²) in [7, 11) is 0. The van der Waals surface area contributed by atoms with Crippen LogP contribution in [0.15, 0.2) is 18.2 Å². The summed E-state index contributed by atoms with van der Waals surface area (Å²) in [6.07, 6.45) is 5.16. The number of amides is 1. The fourth-order valence-electron chi connectivity index (χ4n) is 2.55. The second kappa shape index (κ2) is 5.82. The van der Waals surface area contributed by atoms with Crippen molar-refractivity contribution in [3.8, 4) is 0 Å². The van der Waals surface area contributed by atoms with Gasteiger partial charge in [0.25, 0.3) is 5.69 Å². The summed E-state index contributed by atoms with van der Waals surface area (Å²) in [5.41, 5.74) is 1.15. The number of nitrogens with one attached hydrogen (secondary N) is 1. The maximum absolute atomic E-state index is 11.9. The van der Waals surface area contributed by atoms with Crippen LogP contribution in [0.2, 0.25) is 0 Å². The number of anilines is 1. The first kappa shape index (κ1) is 13.5. The fourth-order valence-corrected chi connectivity index (χ4v) is 2.55. The number of nitro groups is 1. The topological polar surface area (TPSA) is 72.2 Å². The minimum Gasteiger partial charge on any atom is -0.320 e. The molecular formula is C14H18N2O3. The molecule has 1 atom stereocenters. The van der Waals surface area contributed by atoms with E-state index in [1.165, 1.54) is 6.07 Å². The Morgan fingerprint density at radius 3 is 2.79 bits per heavy atom. The average Bonchev–Trinajstić information content (AvgIpc) is 2.70. The zero-order valence-corrected chi connectivity index (χ0v) is 11.0. The van der Waals surface area contributed by atoms with Gasteiger partial charge in [0, 0.05) is 6.07 Å². The van der Waals surface area contributed by atoms with E-state index in [1.54, 1.807) is 6.07 Å². The molecule has 0 spiro atoms. The first-order chi connectivity index (χ1) is 9.15. The fraction of sp³-hybridized carbons (Fsp3) is 0.500. The van der Waals surface area contributed by atoms with Crippen LogP contribution in [-0.2, 0) is 4.79 Å². The summed E-state index contributed by atoms with van der Waals surface area (Å²) in [4.78, 5) is 22.4. The number of unbranched alkanes of at least 4 members (excludes halogenated alkanes) is 3. The van der Waals surface area contributed by atoms with Crippen LogP contribution in [0.3, 0.4) is 0 Å². The molecule has 102 valence electrons. The Hall–Kier alpha value is -1.91. The Kier molecular flexibility index (Phi) is 4.14. The third-order valence-electron chi connectivity index (χ3n) is 3.56. The highest BCUT2D eigenvalue weighted by Crippen LogP contribution is 2.41. The lowest BCUT2D eigenvalue weighted by molar-refractivity contribution is -0.383. The Balaban J connectivity index is 2.15. The van der Waals surface area contributed by atoms with Crippen molar-refractivity contribution in [3.63, 3.8) is 0 Å². The third kappa shape index (κ3) is 2.75. The van der Waals surface area contributed by atoms with Crippen LogP contribution in [0.5, 0.6) is 0 Å². The van der Waals surface area contributed by atoms with Crippen LogP contribution in [0.4, 0.5) is 11.4 Å². The van der Waals surface area contributed by atoms with E-state index in [-0.39, 0.29) is 17.5 Å². The summed E-state index contributed by atoms with van der Waals surface area (Å²) in [6.45, 7) is 2.14. The second-order valence-electron chi connectivity index (χ2n) is 4.89. The molecule has 5 heteroatoms. The van der Waals surface area contributed by atoms with Crippen LogP contribution in [0.1, 0.15) is 50.5 Å². The second-order valence-corrected chi connectivity index (χ2v) is 4.89. The standard InChI is InChI=1S/C14H18N2O3/c1-2-3-4-5-7-11-10-8-6-9-12(16(18)19)13(10)15-14(11)17/h6,8-9,11H,2-5,7H2,1H3,(H,15,17). The van der Waals surface area contributed by atoms with Crippen molar-refractivity contribution >= 4 is 17.3 Å². The molecule has 1 N–H and O–H groups in total. The number of carbonyl (C=O) groups is 1. The van der Waals surface area contributed by atoms with Crippen molar-refractivity contribution < 1.29 is 9.72 Å². The molecule has 0 aliphatic carbocycles. The largest absolute Gasteiger partial charge is 0.320 e. The molecular weight excluding hydrogens is 244 g/mol. The molecule has 0 saturated heterocycles. The van der Waals surface area contributed by atoms with E-state index < -0.39 is 4.92 Å². The third-order valence-corrected chi connectivity index (χ3v) is 3.56. The summed E-state index contributed by atoms with van der Waals surface area (Å²) in [6, 6.07) is 4.89. The molecule has 1 aromatic rings. The zero-order valence-electron chi connectivity index (χ0n) is 11.0. The van der Waals surface area contributed by atoms with Crippen molar-refractivity contribution in [1.82, 2.24) is 0 Å². The number of carbonyl (C=O) groups excluding carboxylic acids is 1. The predicted octanol–water partition coefficient (Wildman–Crippen LogP) is 3.60. The van der Waals surface area contributed by atoms with Gasteiger partial charge in [-0.25, -0.2) is 0 Å². The number of hydrogen-bond acceptors (Lipinski definition) is 3. The molecule has 1 aromatic carbocycles. The van der Waals surface area contributed by atoms with E-state index in [1.807, 2.05) is 6.07 Å². The molecule has 1 aliphatic heterocycles. The molecule has 1 unspecified atom stereocenters. The van der Waals surface area contributed by atoms with E-state index in [4.69, 9.17) is 0 Å². The number of para-hydroxylation sites is 1. The smallest absolute Gasteiger partial charge is 0.293 e. The van der Waals surface area contributed by atoms with Gasteiger partial charge < -0.3 is 5.32 Å². The molecule has 5 nitrogen and oxygen atoms in total. The highest BCUT2D eigenvalue weighted by Gasteiger charge is 2.34. The van der Waals surface area contributed by atoms with Gasteiger partial charge in [-0.15, -0.1) is 0 Å². The van der Waals surface area contributed by atoms with Crippen LogP contribution < -0.4 is 5.32 Å². The lowest BCUT2D eigenvalue weighted by Gasteiger charge is -2.07. The number of rotatable bonds is 6. The van der Waals surface area contributed by atoms with Gasteiger partial charge in [0.15, 0.2) is 0 Å². The molecule has 19 heavy (non-hydrogen) atoms. The van der Waals surface area contributed by atoms with Gasteiger partial charge in [0.2, 0.25) is 5.91 Å². The van der Waals surface area contributed by atoms with Gasteiger partial charge in [-0.3, -0.25) is 14.9 Å². The summed E-state index contributed by atoms with van der Waals surface area (Å²) >= 11 is 0. The highest BCUT2D eigenvalue weighted by molar-refractivity contribution is 6.05. The summed E-state index contributed by atoms with van der Waals surface area (Å²) in [5.74, 6) is -0.340. The van der Waals surface area contributed by atoms with Crippen molar-refractivity contribution in [2.75, 3.05) is 5.32 Å². The maximum Gasteiger partial charge on any atom is 0.293 e. The molecule has 1 amide bonds. The van der Waals surface area contributed by atoms with Gasteiger partial charge in [0.1, 0.15) is 5.69 Å². The van der Waals surface area contributed by atoms with Gasteiger partial charge in [-0.2, -0.15) is 0 Å². The molecule has 0 fully saturated rings. The molecule has 0 radical (unpaired) electrons. The van der Waals surface area contributed by atoms with Crippen LogP contribution in [0.25, 0.3) is 0 Å². The molecule has 1 aliphatic rings. The normalized spacial score (nSPS) is 17.1. The Bertz CT molecular complexity index is 499. The van der Waals surface area contributed by atoms with E-state index in [0.717, 1.165) is 37.7 Å². The molecule has 1 heterocycles. The minimum atomic E-state index is -0.446. The summed E-state index contributed by atoms with van der Waals surface area (Å²) in [5, 5.41) is 13.6. The van der Waals surface area contributed by atoms with Gasteiger partial charge in [0.05, 0.1) is 10.8 Å². The SMILES string of the molecule is CCCCCCC1C(=O)Nc2c1cccc2[N+](=O)[O-]. The Morgan fingerprint density at radius 2 is 2.11 bits per heavy atom. The van der Waals surface area contributed by atoms with E-state index in [9.17, 15) is 14.9 Å². The molecule has 0 saturated carbocycles. The van der Waals surface area contributed by atoms with Gasteiger partial charge in [-0.05, 0) is 12.0 Å². The minimum absolute atomic E-state index is 0.0121. The molecule has 0 aromatic heterocycles. The number of nitro benzene ring substituents is 1. The van der Waals surface area contributed by atoms with Crippen LogP contribution in [0, 0.1) is 10.1 Å². The van der Waals surface area contributed by atoms with Gasteiger partial charge >= 0.3 is 0 Å². The predicted molar refractivity (Wildman–Crippen MR) is 73.2 cm³/mol. The molecule has 2 rings (SSSR count). The molecule has 0 bridgehead atoms. The van der Waals surface area contributed by atoms with E-state index in [2.05, 4.69) is 12.2 Å². The van der Waals surface area contributed by atoms with Crippen molar-refractivity contribution in [2.24, 2.45) is 0 Å². The van der Waals surface area contributed by atoms with Crippen molar-refractivity contribution in [2.45, 2.75) is 44.9 Å². The maximum atomic E-state index is 11.9. The van der Waals surface area contributed by atoms with Crippen molar-refractivity contribution in [1.29, 1.82) is 0 Å². The zero-order chi connectivity index (χ0) is 13.8. The summed E-state index contributed by atoms with van der Waals surface area (Å²) < 4.78 is 0. The van der Waals surface area contributed by atoms with E-state index >= 15 is 0 Å². The average molecular weight is 262 g/mol. The monoisotopic (exact) mass is 262 g/mol. The number of hydrogen-bond donors (Lipinski definition) is 1. The van der Waals surface area contributed by atoms with Crippen molar-refractivity contribution in [3.05, 3.63) is 33.9 Å². The first-order valence-electron chi connectivity index (χ1n) is 6.73.